The van der Waals surface area contributed by atoms with Crippen LogP contribution in [0.2, 0.25) is 0 Å². The first-order valence-electron chi connectivity index (χ1n) is 6.61. The van der Waals surface area contributed by atoms with Crippen molar-refractivity contribution in [3.63, 3.8) is 0 Å². The highest BCUT2D eigenvalue weighted by molar-refractivity contribution is 5.99. The van der Waals surface area contributed by atoms with Gasteiger partial charge in [0.1, 0.15) is 12.1 Å². The number of nitrogens with one attached hydrogen (secondary N) is 2. The van der Waals surface area contributed by atoms with E-state index >= 15 is 0 Å². The lowest BCUT2D eigenvalue weighted by Gasteiger charge is -2.09. The molecular formula is C12H14N2O8. The normalized spacial score (nSPS) is 24.4. The van der Waals surface area contributed by atoms with Crippen molar-refractivity contribution in [2.75, 3.05) is 6.61 Å². The zero-order chi connectivity index (χ0) is 16.1. The number of cyclic esters (lactones) is 4. The quantitative estimate of drug-likeness (QED) is 0.238. The molecule has 0 saturated carbocycles. The Morgan fingerprint density at radius 2 is 1.64 bits per heavy atom. The van der Waals surface area contributed by atoms with Gasteiger partial charge in [0, 0.05) is 6.42 Å². The van der Waals surface area contributed by atoms with Crippen LogP contribution in [-0.4, -0.2) is 48.5 Å². The predicted molar refractivity (Wildman–Crippen MR) is 65.5 cm³/mol. The van der Waals surface area contributed by atoms with Gasteiger partial charge in [-0.2, -0.15) is 5.48 Å². The lowest BCUT2D eigenvalue weighted by atomic mass is 10.2. The van der Waals surface area contributed by atoms with E-state index in [1.807, 2.05) is 0 Å². The summed E-state index contributed by atoms with van der Waals surface area (Å²) in [5.74, 6) is -3.17. The number of rotatable bonds is 7. The molecule has 120 valence electrons. The Morgan fingerprint density at radius 3 is 2.18 bits per heavy atom. The van der Waals surface area contributed by atoms with E-state index < -0.39 is 41.9 Å². The average molecular weight is 314 g/mol. The second kappa shape index (κ2) is 7.09. The highest BCUT2D eigenvalue weighted by Gasteiger charge is 2.34. The molecule has 2 aliphatic heterocycles. The fraction of sp³-hybridized carbons (Fsp3) is 0.583. The fourth-order valence-electron chi connectivity index (χ4n) is 1.88. The zero-order valence-corrected chi connectivity index (χ0v) is 11.5. The number of hydrogen-bond acceptors (Lipinski definition) is 9. The van der Waals surface area contributed by atoms with Crippen molar-refractivity contribution < 1.29 is 38.3 Å². The van der Waals surface area contributed by atoms with Gasteiger partial charge in [0.15, 0.2) is 0 Å². The van der Waals surface area contributed by atoms with E-state index in [-0.39, 0.29) is 25.9 Å². The van der Waals surface area contributed by atoms with Crippen LogP contribution in [0, 0.1) is 0 Å². The summed E-state index contributed by atoms with van der Waals surface area (Å²) in [6.45, 7) is 0.111. The highest BCUT2D eigenvalue weighted by Crippen LogP contribution is 2.09. The first-order valence-corrected chi connectivity index (χ1v) is 6.61. The smallest absolute Gasteiger partial charge is 0.336 e. The summed E-state index contributed by atoms with van der Waals surface area (Å²) in [6.07, 6.45) is 0.107. The number of hydroxylamine groups is 1. The van der Waals surface area contributed by atoms with Crippen LogP contribution >= 0.6 is 0 Å². The molecule has 2 saturated heterocycles. The maximum absolute atomic E-state index is 11.5. The number of hydrogen-bond donors (Lipinski definition) is 2. The van der Waals surface area contributed by atoms with Gasteiger partial charge in [-0.05, 0) is 6.42 Å². The lowest BCUT2D eigenvalue weighted by Crippen LogP contribution is -2.38. The fourth-order valence-corrected chi connectivity index (χ4v) is 1.88. The topological polar surface area (TPSA) is 137 Å². The molecule has 10 heteroatoms. The van der Waals surface area contributed by atoms with Gasteiger partial charge in [-0.15, -0.1) is 0 Å². The zero-order valence-electron chi connectivity index (χ0n) is 11.5. The van der Waals surface area contributed by atoms with Crippen molar-refractivity contribution in [2.24, 2.45) is 0 Å². The molecule has 22 heavy (non-hydrogen) atoms. The molecular weight excluding hydrogens is 300 g/mol. The predicted octanol–water partition coefficient (Wildman–Crippen LogP) is -1.91. The minimum atomic E-state index is -0.932. The van der Waals surface area contributed by atoms with Crippen LogP contribution in [-0.2, 0) is 38.3 Å². The molecule has 0 aromatic carbocycles. The van der Waals surface area contributed by atoms with Gasteiger partial charge in [0.2, 0.25) is 5.91 Å². The third kappa shape index (κ3) is 4.33. The Kier molecular flexibility index (Phi) is 5.17. The van der Waals surface area contributed by atoms with Crippen molar-refractivity contribution in [1.82, 2.24) is 10.8 Å². The summed E-state index contributed by atoms with van der Waals surface area (Å²) in [4.78, 5) is 60.4. The molecule has 0 aliphatic carbocycles. The minimum absolute atomic E-state index is 0.0632. The van der Waals surface area contributed by atoms with E-state index in [2.05, 4.69) is 20.3 Å². The van der Waals surface area contributed by atoms with E-state index in [1.54, 1.807) is 0 Å². The summed E-state index contributed by atoms with van der Waals surface area (Å²) < 4.78 is 8.60. The summed E-state index contributed by atoms with van der Waals surface area (Å²) in [7, 11) is 0. The largest absolute Gasteiger partial charge is 0.392 e. The Labute approximate surface area is 124 Å². The molecule has 0 aromatic rings. The summed E-state index contributed by atoms with van der Waals surface area (Å²) >= 11 is 0. The molecule has 2 unspecified atom stereocenters. The molecule has 1 amide bonds. The second-order valence-electron chi connectivity index (χ2n) is 4.74. The number of carbonyl (C=O) groups is 5. The van der Waals surface area contributed by atoms with Gasteiger partial charge in [-0.25, -0.2) is 9.59 Å². The van der Waals surface area contributed by atoms with E-state index in [0.717, 1.165) is 0 Å². The van der Waals surface area contributed by atoms with Gasteiger partial charge in [0.05, 0.1) is 19.4 Å². The lowest BCUT2D eigenvalue weighted by molar-refractivity contribution is -0.154. The van der Waals surface area contributed by atoms with Crippen LogP contribution < -0.4 is 10.8 Å². The van der Waals surface area contributed by atoms with Crippen LogP contribution in [0.4, 0.5) is 0 Å². The molecule has 2 rings (SSSR count). The number of carbonyl (C=O) groups excluding carboxylic acids is 5. The summed E-state index contributed by atoms with van der Waals surface area (Å²) in [6, 6.07) is -1.76. The number of amides is 1. The van der Waals surface area contributed by atoms with Crippen molar-refractivity contribution >= 4 is 29.8 Å². The molecule has 2 fully saturated rings. The molecule has 2 heterocycles. The van der Waals surface area contributed by atoms with E-state index in [1.165, 1.54) is 0 Å². The minimum Gasteiger partial charge on any atom is -0.392 e. The maximum atomic E-state index is 11.5. The molecule has 2 atom stereocenters. The maximum Gasteiger partial charge on any atom is 0.336 e. The summed E-state index contributed by atoms with van der Waals surface area (Å²) in [5, 5.41) is 2.37. The molecule has 2 N–H and O–H groups in total. The number of esters is 4. The Balaban J connectivity index is 1.56. The van der Waals surface area contributed by atoms with Crippen molar-refractivity contribution in [1.29, 1.82) is 0 Å². The van der Waals surface area contributed by atoms with Gasteiger partial charge >= 0.3 is 23.9 Å². The SMILES string of the molecule is O=C(CCCONC1CC(=O)OC1=O)NC1CC(=O)OC1=O. The van der Waals surface area contributed by atoms with Crippen LogP contribution in [0.25, 0.3) is 0 Å². The van der Waals surface area contributed by atoms with Crippen molar-refractivity contribution in [3.05, 3.63) is 0 Å². The molecule has 0 aromatic heterocycles. The van der Waals surface area contributed by atoms with Gasteiger partial charge in [-0.1, -0.05) is 0 Å². The second-order valence-corrected chi connectivity index (χ2v) is 4.74. The monoisotopic (exact) mass is 314 g/mol. The molecule has 0 bridgehead atoms. The average Bonchev–Trinajstić information content (AvgIpc) is 2.91. The Morgan fingerprint density at radius 1 is 1.05 bits per heavy atom. The third-order valence-corrected chi connectivity index (χ3v) is 2.95. The molecule has 10 nitrogen and oxygen atoms in total. The Bertz CT molecular complexity index is 517. The van der Waals surface area contributed by atoms with Gasteiger partial charge in [0.25, 0.3) is 0 Å². The van der Waals surface area contributed by atoms with E-state index in [9.17, 15) is 24.0 Å². The summed E-state index contributed by atoms with van der Waals surface area (Å²) in [5.41, 5.74) is 2.38. The standard InChI is InChI=1S/C12H14N2O8/c15-8(13-6-4-9(16)21-11(6)18)2-1-3-20-14-7-5-10(17)22-12(7)19/h6-7,14H,1-5H2,(H,13,15). The van der Waals surface area contributed by atoms with Gasteiger partial charge < -0.3 is 19.6 Å². The first kappa shape index (κ1) is 16.0. The van der Waals surface area contributed by atoms with Crippen molar-refractivity contribution in [2.45, 2.75) is 37.8 Å². The number of ether oxygens (including phenoxy) is 2. The van der Waals surface area contributed by atoms with Crippen LogP contribution in [0.5, 0.6) is 0 Å². The molecule has 2 aliphatic rings. The van der Waals surface area contributed by atoms with E-state index in [0.29, 0.717) is 6.42 Å². The van der Waals surface area contributed by atoms with Gasteiger partial charge in [-0.3, -0.25) is 14.4 Å². The van der Waals surface area contributed by atoms with Crippen LogP contribution in [0.15, 0.2) is 0 Å². The highest BCUT2D eigenvalue weighted by atomic mass is 16.7. The van der Waals surface area contributed by atoms with Crippen LogP contribution in [0.1, 0.15) is 25.7 Å². The Hall–Kier alpha value is -2.33. The van der Waals surface area contributed by atoms with Crippen molar-refractivity contribution in [3.8, 4) is 0 Å². The molecule has 0 radical (unpaired) electrons. The van der Waals surface area contributed by atoms with Crippen LogP contribution in [0.3, 0.4) is 0 Å². The molecule has 0 spiro atoms. The third-order valence-electron chi connectivity index (χ3n) is 2.95. The van der Waals surface area contributed by atoms with E-state index in [4.69, 9.17) is 4.84 Å². The first-order chi connectivity index (χ1) is 10.5.